The summed E-state index contributed by atoms with van der Waals surface area (Å²) in [5.41, 5.74) is -1.15. The highest BCUT2D eigenvalue weighted by Crippen LogP contribution is 2.56. The lowest BCUT2D eigenvalue weighted by molar-refractivity contribution is -0.162. The first-order valence-corrected chi connectivity index (χ1v) is 12.3. The second-order valence-electron chi connectivity index (χ2n) is 9.54. The number of nitrogens with zero attached hydrogens (tertiary/aromatic N) is 2. The van der Waals surface area contributed by atoms with E-state index in [9.17, 15) is 23.2 Å². The molecule has 2 aromatic carbocycles. The minimum atomic E-state index is -1.27. The molecule has 1 amide bonds. The van der Waals surface area contributed by atoms with Crippen LogP contribution in [-0.2, 0) is 16.0 Å². The molecule has 1 aliphatic carbocycles. The van der Waals surface area contributed by atoms with E-state index in [1.165, 1.54) is 6.07 Å². The van der Waals surface area contributed by atoms with E-state index >= 15 is 4.39 Å². The number of benzene rings is 2. The number of amides is 1. The molecule has 1 N–H and O–H groups in total. The molecule has 1 saturated carbocycles. The summed E-state index contributed by atoms with van der Waals surface area (Å²) in [5.74, 6) is -2.63. The molecule has 10 heteroatoms. The van der Waals surface area contributed by atoms with Crippen molar-refractivity contribution < 1.29 is 27.1 Å². The smallest absolute Gasteiger partial charge is 0.248 e. The van der Waals surface area contributed by atoms with Crippen LogP contribution in [0.2, 0.25) is 0 Å². The van der Waals surface area contributed by atoms with Gasteiger partial charge in [0, 0.05) is 29.6 Å². The molecule has 184 valence electrons. The Kier molecular flexibility index (Phi) is 6.28. The molecule has 5 nitrogen and oxygen atoms in total. The van der Waals surface area contributed by atoms with Crippen LogP contribution in [0.25, 0.3) is 11.1 Å². The highest BCUT2D eigenvalue weighted by atomic mass is 32.2. The van der Waals surface area contributed by atoms with Gasteiger partial charge in [0.2, 0.25) is 5.91 Å². The van der Waals surface area contributed by atoms with Gasteiger partial charge in [0.25, 0.3) is 0 Å². The predicted molar refractivity (Wildman–Crippen MR) is 122 cm³/mol. The highest BCUT2D eigenvalue weighted by molar-refractivity contribution is 7.97. The normalized spacial score (nSPS) is 23.7. The van der Waals surface area contributed by atoms with Crippen LogP contribution in [0, 0.1) is 39.6 Å². The first-order chi connectivity index (χ1) is 16.8. The Hall–Kier alpha value is -2.61. The number of carbonyl (C=O) groups is 1. The number of nitrogens with one attached hydrogen (secondary N) is 1. The van der Waals surface area contributed by atoms with E-state index in [0.29, 0.717) is 6.54 Å². The quantitative estimate of drug-likeness (QED) is 0.447. The average Bonchev–Trinajstić information content (AvgIpc) is 3.50. The molecule has 0 aromatic heterocycles. The van der Waals surface area contributed by atoms with Crippen molar-refractivity contribution in [2.45, 2.75) is 31.3 Å². The van der Waals surface area contributed by atoms with Gasteiger partial charge in [0.1, 0.15) is 23.5 Å². The first kappa shape index (κ1) is 24.1. The van der Waals surface area contributed by atoms with Crippen molar-refractivity contribution in [2.75, 3.05) is 25.8 Å². The zero-order chi connectivity index (χ0) is 24.8. The monoisotopic (exact) mass is 505 g/mol. The number of nitriles is 1. The highest BCUT2D eigenvalue weighted by Gasteiger charge is 2.63. The molecular formula is C25H23F4N3O2S. The van der Waals surface area contributed by atoms with Crippen molar-refractivity contribution in [3.05, 3.63) is 59.4 Å². The lowest BCUT2D eigenvalue weighted by Crippen LogP contribution is -2.57. The summed E-state index contributed by atoms with van der Waals surface area (Å²) in [4.78, 5) is 15.1. The zero-order valence-electron chi connectivity index (χ0n) is 18.7. The van der Waals surface area contributed by atoms with Crippen LogP contribution in [0.15, 0.2) is 36.4 Å². The van der Waals surface area contributed by atoms with E-state index in [-0.39, 0.29) is 53.7 Å². The third kappa shape index (κ3) is 4.20. The number of hydrogen-bond donors (Lipinski definition) is 1. The van der Waals surface area contributed by atoms with Gasteiger partial charge in [-0.15, -0.1) is 0 Å². The number of ether oxygens (including phenoxy) is 1. The molecule has 0 bridgehead atoms. The predicted octanol–water partition coefficient (Wildman–Crippen LogP) is 4.38. The van der Waals surface area contributed by atoms with Crippen LogP contribution in [0.4, 0.5) is 17.6 Å². The molecule has 2 heterocycles. The van der Waals surface area contributed by atoms with Gasteiger partial charge in [-0.3, -0.25) is 9.52 Å². The van der Waals surface area contributed by atoms with Crippen molar-refractivity contribution in [3.63, 3.8) is 0 Å². The SMILES string of the molecule is N#CC1(C(=O)N2CC3(CC3)C(NSCF)C2Cc2cccc(-c3cc(F)cc(F)c3)c2F)COC1. The van der Waals surface area contributed by atoms with Crippen LogP contribution < -0.4 is 4.72 Å². The van der Waals surface area contributed by atoms with Crippen LogP contribution >= 0.6 is 11.9 Å². The summed E-state index contributed by atoms with van der Waals surface area (Å²) in [7, 11) is 0. The molecule has 2 atom stereocenters. The Morgan fingerprint density at radius 1 is 1.20 bits per heavy atom. The van der Waals surface area contributed by atoms with Crippen LogP contribution in [0.3, 0.4) is 0 Å². The molecular weight excluding hydrogens is 482 g/mol. The Labute approximate surface area is 204 Å². The van der Waals surface area contributed by atoms with Gasteiger partial charge in [-0.05, 0) is 54.5 Å². The van der Waals surface area contributed by atoms with Crippen molar-refractivity contribution in [1.29, 1.82) is 5.26 Å². The van der Waals surface area contributed by atoms with Gasteiger partial charge >= 0.3 is 0 Å². The molecule has 1 spiro atoms. The largest absolute Gasteiger partial charge is 0.377 e. The Morgan fingerprint density at radius 3 is 2.49 bits per heavy atom. The maximum Gasteiger partial charge on any atom is 0.248 e. The minimum Gasteiger partial charge on any atom is -0.377 e. The number of likely N-dealkylation sites (tertiary alicyclic amines) is 1. The molecule has 2 unspecified atom stereocenters. The summed E-state index contributed by atoms with van der Waals surface area (Å²) in [5, 5.41) is 9.68. The van der Waals surface area contributed by atoms with Crippen molar-refractivity contribution in [1.82, 2.24) is 9.62 Å². The van der Waals surface area contributed by atoms with Crippen LogP contribution in [0.5, 0.6) is 0 Å². The lowest BCUT2D eigenvalue weighted by Gasteiger charge is -2.39. The molecule has 3 aliphatic rings. The standard InChI is InChI=1S/C25H23F4N3O2S/c26-14-35-31-22-20(32(11-24(22)4-5-24)23(33)25(10-30)12-34-13-25)8-15-2-1-3-19(21(15)29)16-6-17(27)9-18(28)7-16/h1-3,6-7,9,20,22,31H,4-5,8,11-14H2. The summed E-state index contributed by atoms with van der Waals surface area (Å²) in [6, 6.07) is 8.02. The van der Waals surface area contributed by atoms with E-state index in [4.69, 9.17) is 4.74 Å². The first-order valence-electron chi connectivity index (χ1n) is 11.3. The van der Waals surface area contributed by atoms with Crippen LogP contribution in [-0.4, -0.2) is 48.7 Å². The molecule has 2 aromatic rings. The number of hydrogen-bond acceptors (Lipinski definition) is 5. The molecule has 2 saturated heterocycles. The molecule has 5 rings (SSSR count). The maximum absolute atomic E-state index is 15.7. The second-order valence-corrected chi connectivity index (χ2v) is 10.3. The summed E-state index contributed by atoms with van der Waals surface area (Å²) >= 11 is 0.895. The minimum absolute atomic E-state index is 0.00482. The van der Waals surface area contributed by atoms with Gasteiger partial charge in [-0.25, -0.2) is 17.6 Å². The molecule has 35 heavy (non-hydrogen) atoms. The fourth-order valence-corrected chi connectivity index (χ4v) is 5.91. The van der Waals surface area contributed by atoms with E-state index in [1.54, 1.807) is 17.0 Å². The zero-order valence-corrected chi connectivity index (χ0v) is 19.5. The van der Waals surface area contributed by atoms with Gasteiger partial charge in [-0.1, -0.05) is 18.2 Å². The van der Waals surface area contributed by atoms with Crippen molar-refractivity contribution >= 4 is 17.9 Å². The Balaban J connectivity index is 1.50. The maximum atomic E-state index is 15.7. The van der Waals surface area contributed by atoms with Crippen molar-refractivity contribution in [3.8, 4) is 17.2 Å². The molecule has 3 fully saturated rings. The third-order valence-corrected chi connectivity index (χ3v) is 7.88. The average molecular weight is 506 g/mol. The third-order valence-electron chi connectivity index (χ3n) is 7.35. The Morgan fingerprint density at radius 2 is 1.91 bits per heavy atom. The van der Waals surface area contributed by atoms with E-state index < -0.39 is 34.9 Å². The van der Waals surface area contributed by atoms with E-state index in [2.05, 4.69) is 10.8 Å². The molecule has 2 aliphatic heterocycles. The fraction of sp³-hybridized carbons (Fsp3) is 0.440. The number of rotatable bonds is 7. The van der Waals surface area contributed by atoms with E-state index in [1.807, 2.05) is 0 Å². The number of alkyl halides is 1. The summed E-state index contributed by atoms with van der Waals surface area (Å²) in [6.45, 7) is 0.399. The topological polar surface area (TPSA) is 65.4 Å². The van der Waals surface area contributed by atoms with Gasteiger partial charge in [-0.2, -0.15) is 5.26 Å². The van der Waals surface area contributed by atoms with Gasteiger partial charge < -0.3 is 9.64 Å². The number of carbonyl (C=O) groups excluding carboxylic acids is 1. The van der Waals surface area contributed by atoms with Gasteiger partial charge in [0.15, 0.2) is 5.41 Å². The van der Waals surface area contributed by atoms with E-state index in [0.717, 1.165) is 43.0 Å². The lowest BCUT2D eigenvalue weighted by atomic mass is 9.85. The summed E-state index contributed by atoms with van der Waals surface area (Å²) in [6.07, 6.45) is 1.76. The fourth-order valence-electron chi connectivity index (χ4n) is 5.26. The van der Waals surface area contributed by atoms with Crippen LogP contribution in [0.1, 0.15) is 18.4 Å². The summed E-state index contributed by atoms with van der Waals surface area (Å²) < 4.78 is 64.6. The van der Waals surface area contributed by atoms with Crippen molar-refractivity contribution in [2.24, 2.45) is 10.8 Å². The van der Waals surface area contributed by atoms with Gasteiger partial charge in [0.05, 0.1) is 25.3 Å². The second kappa shape index (κ2) is 9.12. The number of halogens is 4. The molecule has 0 radical (unpaired) electrons. The Bertz CT molecular complexity index is 1180.